The van der Waals surface area contributed by atoms with Crippen LogP contribution >= 0.6 is 0 Å². The molecule has 1 aromatic carbocycles. The van der Waals surface area contributed by atoms with Crippen molar-refractivity contribution in [2.24, 2.45) is 0 Å². The van der Waals surface area contributed by atoms with Crippen LogP contribution in [0.1, 0.15) is 72.7 Å². The normalized spacial score (nSPS) is 17.0. The number of ether oxygens (including phenoxy) is 3. The summed E-state index contributed by atoms with van der Waals surface area (Å²) in [5.74, 6) is -1.21. The van der Waals surface area contributed by atoms with Gasteiger partial charge in [0.15, 0.2) is 0 Å². The van der Waals surface area contributed by atoms with Crippen LogP contribution < -0.4 is 5.32 Å². The van der Waals surface area contributed by atoms with Gasteiger partial charge in [-0.15, -0.1) is 0 Å². The number of nitrogens with one attached hydrogen (secondary N) is 1. The first-order valence-corrected chi connectivity index (χ1v) is 16.1. The molecule has 0 radical (unpaired) electrons. The SMILES string of the molecule is CNc1ccc(C(=O)N2CCN(CC(=O)OC(C)(C)C)CCN(CC(=O)OC(C)(C)C)CCN(CC(=O)OC(C)(C)C)CC2)cc1. The summed E-state index contributed by atoms with van der Waals surface area (Å²) in [6, 6.07) is 7.28. The standard InChI is InChI=1S/C34H57N5O7/c1-32(2,3)44-28(40)23-36-15-17-37(24-29(41)45-33(4,5)6)19-21-39(31(43)26-11-13-27(35-10)14-12-26)22-20-38(18-16-36)25-30(42)46-34(7,8)9/h11-14,35H,15-25H2,1-10H3. The zero-order valence-electron chi connectivity index (χ0n) is 29.7. The fraction of sp³-hybridized carbons (Fsp3) is 0.706. The number of hydrogen-bond acceptors (Lipinski definition) is 11. The number of hydrogen-bond donors (Lipinski definition) is 1. The van der Waals surface area contributed by atoms with Gasteiger partial charge in [0.1, 0.15) is 16.8 Å². The monoisotopic (exact) mass is 647 g/mol. The van der Waals surface area contributed by atoms with E-state index in [9.17, 15) is 19.2 Å². The van der Waals surface area contributed by atoms with Crippen LogP contribution in [-0.4, -0.2) is 139 Å². The Morgan fingerprint density at radius 3 is 1.15 bits per heavy atom. The maximum absolute atomic E-state index is 13.8. The Morgan fingerprint density at radius 1 is 0.565 bits per heavy atom. The van der Waals surface area contributed by atoms with Crippen LogP contribution in [0.4, 0.5) is 5.69 Å². The number of anilines is 1. The minimum atomic E-state index is -0.633. The van der Waals surface area contributed by atoms with Crippen molar-refractivity contribution in [2.75, 3.05) is 84.4 Å². The third-order valence-electron chi connectivity index (χ3n) is 6.86. The van der Waals surface area contributed by atoms with Crippen LogP contribution in [0.15, 0.2) is 24.3 Å². The Balaban J connectivity index is 2.36. The van der Waals surface area contributed by atoms with Gasteiger partial charge in [-0.25, -0.2) is 0 Å². The van der Waals surface area contributed by atoms with E-state index in [2.05, 4.69) is 5.32 Å². The molecule has 1 aliphatic rings. The zero-order valence-corrected chi connectivity index (χ0v) is 29.7. The highest BCUT2D eigenvalue weighted by atomic mass is 16.6. The summed E-state index contributed by atoms with van der Waals surface area (Å²) in [7, 11) is 1.82. The molecule has 0 bridgehead atoms. The molecule has 1 fully saturated rings. The molecule has 0 saturated carbocycles. The molecule has 260 valence electrons. The molecular formula is C34H57N5O7. The van der Waals surface area contributed by atoms with Gasteiger partial charge in [0.05, 0.1) is 19.6 Å². The van der Waals surface area contributed by atoms with Crippen molar-refractivity contribution in [1.29, 1.82) is 0 Å². The number of rotatable bonds is 8. The number of benzene rings is 1. The van der Waals surface area contributed by atoms with Crippen LogP contribution in [0.5, 0.6) is 0 Å². The minimum absolute atomic E-state index is 0.0429. The lowest BCUT2D eigenvalue weighted by molar-refractivity contribution is -0.158. The molecule has 12 heteroatoms. The average Bonchev–Trinajstić information content (AvgIpc) is 2.89. The van der Waals surface area contributed by atoms with Crippen molar-refractivity contribution < 1.29 is 33.4 Å². The highest BCUT2D eigenvalue weighted by Crippen LogP contribution is 2.14. The van der Waals surface area contributed by atoms with E-state index in [0.717, 1.165) is 5.69 Å². The average molecular weight is 648 g/mol. The fourth-order valence-electron chi connectivity index (χ4n) is 4.85. The van der Waals surface area contributed by atoms with E-state index in [1.54, 1.807) is 17.0 Å². The summed E-state index contributed by atoms with van der Waals surface area (Å²) in [6.45, 7) is 19.9. The molecule has 1 heterocycles. The highest BCUT2D eigenvalue weighted by molar-refractivity contribution is 5.94. The first kappa shape index (κ1) is 39.0. The Labute approximate surface area is 275 Å². The summed E-state index contributed by atoms with van der Waals surface area (Å²) in [4.78, 5) is 60.0. The summed E-state index contributed by atoms with van der Waals surface area (Å²) < 4.78 is 16.8. The lowest BCUT2D eigenvalue weighted by Gasteiger charge is -2.34. The summed E-state index contributed by atoms with van der Waals surface area (Å²) in [5, 5.41) is 3.07. The van der Waals surface area contributed by atoms with Gasteiger partial charge in [-0.2, -0.15) is 0 Å². The molecule has 1 aromatic rings. The first-order chi connectivity index (χ1) is 21.2. The van der Waals surface area contributed by atoms with Crippen LogP contribution in [0, 0.1) is 0 Å². The second kappa shape index (κ2) is 17.1. The molecule has 12 nitrogen and oxygen atoms in total. The number of esters is 3. The number of nitrogens with zero attached hydrogens (tertiary/aromatic N) is 4. The van der Waals surface area contributed by atoms with Crippen LogP contribution in [-0.2, 0) is 28.6 Å². The molecule has 1 saturated heterocycles. The summed E-state index contributed by atoms with van der Waals surface area (Å²) in [5.41, 5.74) is -0.449. The molecule has 0 aromatic heterocycles. The van der Waals surface area contributed by atoms with Crippen molar-refractivity contribution >= 4 is 29.5 Å². The maximum Gasteiger partial charge on any atom is 0.320 e. The van der Waals surface area contributed by atoms with E-state index in [-0.39, 0.29) is 43.4 Å². The quantitative estimate of drug-likeness (QED) is 0.331. The minimum Gasteiger partial charge on any atom is -0.459 e. The van der Waals surface area contributed by atoms with Crippen molar-refractivity contribution in [3.8, 4) is 0 Å². The van der Waals surface area contributed by atoms with E-state index in [4.69, 9.17) is 14.2 Å². The number of carbonyl (C=O) groups is 4. The van der Waals surface area contributed by atoms with E-state index in [0.29, 0.717) is 57.9 Å². The van der Waals surface area contributed by atoms with Crippen LogP contribution in [0.25, 0.3) is 0 Å². The van der Waals surface area contributed by atoms with Gasteiger partial charge in [0.2, 0.25) is 0 Å². The molecule has 2 rings (SSSR count). The predicted octanol–water partition coefficient (Wildman–Crippen LogP) is 3.12. The van der Waals surface area contributed by atoms with Crippen molar-refractivity contribution in [3.63, 3.8) is 0 Å². The Kier molecular flexibility index (Phi) is 14.5. The lowest BCUT2D eigenvalue weighted by atomic mass is 10.1. The molecule has 1 aliphatic heterocycles. The van der Waals surface area contributed by atoms with E-state index in [1.807, 2.05) is 96.2 Å². The van der Waals surface area contributed by atoms with Crippen LogP contribution in [0.2, 0.25) is 0 Å². The molecule has 1 amide bonds. The summed E-state index contributed by atoms with van der Waals surface area (Å²) in [6.07, 6.45) is 0. The third kappa shape index (κ3) is 15.9. The molecule has 46 heavy (non-hydrogen) atoms. The van der Waals surface area contributed by atoms with Crippen molar-refractivity contribution in [2.45, 2.75) is 79.1 Å². The maximum atomic E-state index is 13.8. The second-order valence-corrected chi connectivity index (χ2v) is 14.7. The van der Waals surface area contributed by atoms with Crippen molar-refractivity contribution in [1.82, 2.24) is 19.6 Å². The van der Waals surface area contributed by atoms with Gasteiger partial charge in [0, 0.05) is 70.7 Å². The summed E-state index contributed by atoms with van der Waals surface area (Å²) >= 11 is 0. The van der Waals surface area contributed by atoms with Gasteiger partial charge >= 0.3 is 17.9 Å². The predicted molar refractivity (Wildman–Crippen MR) is 179 cm³/mol. The van der Waals surface area contributed by atoms with E-state index >= 15 is 0 Å². The number of amides is 1. The van der Waals surface area contributed by atoms with Gasteiger partial charge in [-0.05, 0) is 86.6 Å². The van der Waals surface area contributed by atoms with Crippen LogP contribution in [0.3, 0.4) is 0 Å². The van der Waals surface area contributed by atoms with Gasteiger partial charge < -0.3 is 24.4 Å². The molecule has 1 N–H and O–H groups in total. The Hall–Kier alpha value is -3.22. The van der Waals surface area contributed by atoms with Crippen molar-refractivity contribution in [3.05, 3.63) is 29.8 Å². The highest BCUT2D eigenvalue weighted by Gasteiger charge is 2.26. The number of carbonyl (C=O) groups excluding carboxylic acids is 4. The van der Waals surface area contributed by atoms with Gasteiger partial charge in [-0.1, -0.05) is 0 Å². The largest absolute Gasteiger partial charge is 0.459 e. The first-order valence-electron chi connectivity index (χ1n) is 16.1. The molecule has 0 aliphatic carbocycles. The lowest BCUT2D eigenvalue weighted by Crippen LogP contribution is -2.50. The van der Waals surface area contributed by atoms with E-state index < -0.39 is 16.8 Å². The second-order valence-electron chi connectivity index (χ2n) is 14.7. The molecule has 0 spiro atoms. The molecular weight excluding hydrogens is 590 g/mol. The Morgan fingerprint density at radius 2 is 0.870 bits per heavy atom. The topological polar surface area (TPSA) is 121 Å². The zero-order chi connectivity index (χ0) is 34.7. The molecule has 0 atom stereocenters. The smallest absolute Gasteiger partial charge is 0.320 e. The Bertz CT molecular complexity index is 1110. The molecule has 0 unspecified atom stereocenters. The van der Waals surface area contributed by atoms with E-state index in [1.165, 1.54) is 0 Å². The fourth-order valence-corrected chi connectivity index (χ4v) is 4.85. The van der Waals surface area contributed by atoms with Gasteiger partial charge in [0.25, 0.3) is 5.91 Å². The third-order valence-corrected chi connectivity index (χ3v) is 6.86. The van der Waals surface area contributed by atoms with Gasteiger partial charge in [-0.3, -0.25) is 33.9 Å².